The minimum atomic E-state index is -1.24. The van der Waals surface area contributed by atoms with Gasteiger partial charge in [-0.1, -0.05) is 17.3 Å². The zero-order valence-electron chi connectivity index (χ0n) is 20.5. The molecule has 0 saturated carbocycles. The Morgan fingerprint density at radius 3 is 2.82 bits per heavy atom. The second-order valence-electron chi connectivity index (χ2n) is 7.95. The van der Waals surface area contributed by atoms with Gasteiger partial charge >= 0.3 is 35.5 Å². The van der Waals surface area contributed by atoms with Crippen LogP contribution in [0.5, 0.6) is 0 Å². The molecule has 0 unspecified atom stereocenters. The van der Waals surface area contributed by atoms with Gasteiger partial charge in [-0.15, -0.1) is 46.2 Å². The molecule has 2 atom stereocenters. The molecule has 4 heterocycles. The molecule has 0 spiro atoms. The van der Waals surface area contributed by atoms with Crippen molar-refractivity contribution in [2.45, 2.75) is 15.6 Å². The van der Waals surface area contributed by atoms with E-state index in [1.807, 2.05) is 12.1 Å². The second-order valence-corrected chi connectivity index (χ2v) is 12.3. The van der Waals surface area contributed by atoms with Gasteiger partial charge in [0.25, 0.3) is 5.91 Å². The number of amides is 1. The van der Waals surface area contributed by atoms with Crippen LogP contribution in [-0.4, -0.2) is 68.5 Å². The normalized spacial score (nSPS) is 19.4. The summed E-state index contributed by atoms with van der Waals surface area (Å²) in [5, 5.41) is 28.2. The first kappa shape index (κ1) is 29.6. The number of hydrogen-bond acceptors (Lipinski definition) is 13. The van der Waals surface area contributed by atoms with Gasteiger partial charge < -0.3 is 20.8 Å². The van der Waals surface area contributed by atoms with E-state index in [1.54, 1.807) is 18.2 Å². The molecule has 0 bridgehead atoms. The molecule has 16 heteroatoms. The fourth-order valence-corrected chi connectivity index (χ4v) is 8.18. The van der Waals surface area contributed by atoms with Crippen LogP contribution < -0.4 is 45.8 Å². The van der Waals surface area contributed by atoms with E-state index in [1.165, 1.54) is 52.3 Å². The molecular formula is C23H18N5NaO6S4. The Hall–Kier alpha value is -2.40. The summed E-state index contributed by atoms with van der Waals surface area (Å²) in [6.45, 7) is 0. The number of anilines is 1. The van der Waals surface area contributed by atoms with Gasteiger partial charge in [-0.3, -0.25) is 19.5 Å². The molecule has 2 aromatic heterocycles. The van der Waals surface area contributed by atoms with E-state index < -0.39 is 29.2 Å². The number of nitrogens with zero attached hydrogens (tertiary/aromatic N) is 4. The number of aliphatic carboxylic acids is 1. The Labute approximate surface area is 260 Å². The van der Waals surface area contributed by atoms with Crippen molar-refractivity contribution in [2.24, 2.45) is 10.1 Å². The minimum Gasteiger partial charge on any atom is -0.857 e. The van der Waals surface area contributed by atoms with Crippen molar-refractivity contribution in [1.82, 2.24) is 9.88 Å². The molecule has 5 rings (SSSR count). The number of oxime groups is 1. The number of aromatic nitrogens is 1. The summed E-state index contributed by atoms with van der Waals surface area (Å²) in [5.74, 6) is -2.04. The number of nitrogen functional groups attached to an aromatic ring is 1. The van der Waals surface area contributed by atoms with E-state index >= 15 is 0 Å². The maximum absolute atomic E-state index is 13.0. The first-order chi connectivity index (χ1) is 18.3. The van der Waals surface area contributed by atoms with Gasteiger partial charge in [-0.05, 0) is 17.7 Å². The molecule has 11 nitrogen and oxygen atoms in total. The number of fused-ring (bicyclic) bond motifs is 2. The van der Waals surface area contributed by atoms with Crippen molar-refractivity contribution in [3.05, 3.63) is 62.9 Å². The molecule has 39 heavy (non-hydrogen) atoms. The first-order valence-corrected chi connectivity index (χ1v) is 14.6. The van der Waals surface area contributed by atoms with Gasteiger partial charge in [0, 0.05) is 38.9 Å². The van der Waals surface area contributed by atoms with E-state index in [2.05, 4.69) is 15.1 Å². The summed E-state index contributed by atoms with van der Waals surface area (Å²) >= 11 is 5.23. The number of thioether (sulfide) groups is 2. The van der Waals surface area contributed by atoms with Crippen molar-refractivity contribution in [3.8, 4) is 0 Å². The molecule has 1 saturated heterocycles. The predicted molar refractivity (Wildman–Crippen MR) is 148 cm³/mol. The maximum atomic E-state index is 13.0. The number of carbonyl (C=O) groups excluding carboxylic acids is 1. The van der Waals surface area contributed by atoms with Gasteiger partial charge in [-0.25, -0.2) is 9.78 Å². The smallest absolute Gasteiger partial charge is 0.857 e. The van der Waals surface area contributed by atoms with Crippen molar-refractivity contribution < 1.29 is 54.2 Å². The van der Waals surface area contributed by atoms with Crippen molar-refractivity contribution in [3.63, 3.8) is 0 Å². The molecule has 2 aliphatic rings. The predicted octanol–water partition coefficient (Wildman–Crippen LogP) is -1.17. The molecule has 1 amide bonds. The SMILES string of the molecule is CO/N=C(/C([O-])=N[C@@H]1C(=O)N2C(C(=O)O)=C(CSc3cc(=O)c4ccccc4s3)CS[C@H]12)c1csc(N)n1.[Na+]. The number of β-lactam (4-membered cyclic amide) rings is 1. The Bertz CT molecular complexity index is 1600. The van der Waals surface area contributed by atoms with Crippen LogP contribution in [0.4, 0.5) is 5.13 Å². The topological polar surface area (TPSA) is 171 Å². The largest absolute Gasteiger partial charge is 1.00 e. The maximum Gasteiger partial charge on any atom is 1.00 e. The number of nitrogens with two attached hydrogens (primary N) is 1. The Kier molecular flexibility index (Phi) is 9.41. The monoisotopic (exact) mass is 611 g/mol. The van der Waals surface area contributed by atoms with Gasteiger partial charge in [0.1, 0.15) is 29.6 Å². The molecule has 3 aromatic rings. The van der Waals surface area contributed by atoms with Crippen LogP contribution >= 0.6 is 46.2 Å². The average Bonchev–Trinajstić information content (AvgIpc) is 3.33. The standard InChI is InChI=1S/C23H19N5O6S4.Na/c1-34-27-16(12-9-37-23(24)25-12)19(30)26-17-20(31)28-18(22(32)33)10(8-36-21(17)28)7-35-15-6-13(29)11-4-2-3-5-14(11)38-15;/h2-6,9,17,21H,7-8H2,1H3,(H2,24,25)(H,26,30)(H,32,33);/q;+1/p-1/b27-16+;/t17-,21-;/m1./s1. The van der Waals surface area contributed by atoms with Gasteiger partial charge in [0.2, 0.25) is 0 Å². The van der Waals surface area contributed by atoms with Gasteiger partial charge in [0.05, 0.1) is 4.21 Å². The van der Waals surface area contributed by atoms with Crippen LogP contribution in [0, 0.1) is 0 Å². The molecule has 0 radical (unpaired) electrons. The van der Waals surface area contributed by atoms with Crippen molar-refractivity contribution in [1.29, 1.82) is 0 Å². The summed E-state index contributed by atoms with van der Waals surface area (Å²) in [6, 6.07) is 7.77. The van der Waals surface area contributed by atoms with Gasteiger partial charge in [-0.2, -0.15) is 0 Å². The summed E-state index contributed by atoms with van der Waals surface area (Å²) in [6.07, 6.45) is 0. The summed E-state index contributed by atoms with van der Waals surface area (Å²) in [4.78, 5) is 51.6. The summed E-state index contributed by atoms with van der Waals surface area (Å²) in [7, 11) is 1.26. The van der Waals surface area contributed by atoms with E-state index in [-0.39, 0.29) is 63.0 Å². The molecular weight excluding hydrogens is 594 g/mol. The molecule has 1 fully saturated rings. The summed E-state index contributed by atoms with van der Waals surface area (Å²) < 4.78 is 1.59. The van der Waals surface area contributed by atoms with E-state index in [0.29, 0.717) is 16.7 Å². The Morgan fingerprint density at radius 1 is 1.36 bits per heavy atom. The Morgan fingerprint density at radius 2 is 2.13 bits per heavy atom. The zero-order valence-corrected chi connectivity index (χ0v) is 25.8. The Balaban J connectivity index is 0.00000353. The van der Waals surface area contributed by atoms with Gasteiger partial charge in [0.15, 0.2) is 16.6 Å². The number of carboxylic acids is 1. The molecule has 2 aliphatic heterocycles. The fraction of sp³-hybridized carbons (Fsp3) is 0.217. The van der Waals surface area contributed by atoms with Crippen LogP contribution in [0.1, 0.15) is 5.69 Å². The molecule has 196 valence electrons. The minimum absolute atomic E-state index is 0. The third-order valence-corrected chi connectivity index (χ3v) is 10.0. The van der Waals surface area contributed by atoms with Crippen molar-refractivity contribution in [2.75, 3.05) is 24.3 Å². The second kappa shape index (κ2) is 12.4. The van der Waals surface area contributed by atoms with Crippen LogP contribution in [0.15, 0.2) is 66.1 Å². The zero-order chi connectivity index (χ0) is 27.0. The number of rotatable bonds is 8. The van der Waals surface area contributed by atoms with Crippen LogP contribution in [0.3, 0.4) is 0 Å². The van der Waals surface area contributed by atoms with Crippen LogP contribution in [0.2, 0.25) is 0 Å². The fourth-order valence-electron chi connectivity index (χ4n) is 3.94. The number of thiazole rings is 1. The number of hydrogen-bond donors (Lipinski definition) is 2. The van der Waals surface area contributed by atoms with E-state index in [9.17, 15) is 24.6 Å². The van der Waals surface area contributed by atoms with Crippen LogP contribution in [-0.2, 0) is 14.4 Å². The molecule has 1 aromatic carbocycles. The summed E-state index contributed by atoms with van der Waals surface area (Å²) in [5.41, 5.74) is 5.94. The van der Waals surface area contributed by atoms with E-state index in [4.69, 9.17) is 10.6 Å². The number of carbonyl (C=O) groups is 2. The molecule has 3 N–H and O–H groups in total. The number of benzene rings is 1. The van der Waals surface area contributed by atoms with Crippen LogP contribution in [0.25, 0.3) is 10.1 Å². The third kappa shape index (κ3) is 5.89. The molecule has 0 aliphatic carbocycles. The van der Waals surface area contributed by atoms with Crippen molar-refractivity contribution >= 4 is 84.9 Å². The average molecular weight is 612 g/mol. The number of aliphatic imine (C=N–C) groups is 1. The number of carboxylic acid groups (broad SMARTS) is 1. The first-order valence-electron chi connectivity index (χ1n) is 10.9. The quantitative estimate of drug-likeness (QED) is 0.0790. The van der Waals surface area contributed by atoms with E-state index in [0.717, 1.165) is 20.2 Å². The third-order valence-electron chi connectivity index (χ3n) is 5.63.